The molecule has 1 fully saturated rings. The molecule has 1 aromatic carbocycles. The minimum atomic E-state index is 0.327. The Labute approximate surface area is 142 Å². The maximum absolute atomic E-state index is 11.8. The van der Waals surface area contributed by atoms with Crippen LogP contribution in [0, 0.1) is 0 Å². The van der Waals surface area contributed by atoms with Crippen molar-refractivity contribution in [1.82, 2.24) is 14.7 Å². The van der Waals surface area contributed by atoms with Gasteiger partial charge in [-0.1, -0.05) is 18.2 Å². The Kier molecular flexibility index (Phi) is 4.00. The highest BCUT2D eigenvalue weighted by molar-refractivity contribution is 5.78. The Hall–Kier alpha value is -2.30. The van der Waals surface area contributed by atoms with E-state index in [1.807, 2.05) is 22.8 Å². The number of aryl methyl sites for hydroxylation is 1. The van der Waals surface area contributed by atoms with Crippen molar-refractivity contribution in [2.45, 2.75) is 31.7 Å². The largest absolute Gasteiger partial charge is 0.366 e. The SMILES string of the molecule is Cn1cc(CN2CC(CCN3CCCC3=O)c3ccccc32)cn1. The van der Waals surface area contributed by atoms with Crippen LogP contribution in [0.4, 0.5) is 5.69 Å². The monoisotopic (exact) mass is 324 g/mol. The lowest BCUT2D eigenvalue weighted by molar-refractivity contribution is -0.127. The molecule has 0 spiro atoms. The topological polar surface area (TPSA) is 41.4 Å². The van der Waals surface area contributed by atoms with Crippen molar-refractivity contribution in [2.75, 3.05) is 24.5 Å². The van der Waals surface area contributed by atoms with Crippen molar-refractivity contribution < 1.29 is 4.79 Å². The lowest BCUT2D eigenvalue weighted by Gasteiger charge is -2.20. The molecule has 2 aromatic rings. The highest BCUT2D eigenvalue weighted by Crippen LogP contribution is 2.38. The molecule has 5 nitrogen and oxygen atoms in total. The number of fused-ring (bicyclic) bond motifs is 1. The van der Waals surface area contributed by atoms with Crippen molar-refractivity contribution in [3.63, 3.8) is 0 Å². The molecule has 2 aliphatic heterocycles. The summed E-state index contributed by atoms with van der Waals surface area (Å²) in [7, 11) is 1.96. The first-order chi connectivity index (χ1) is 11.7. The van der Waals surface area contributed by atoms with Gasteiger partial charge in [0.25, 0.3) is 0 Å². The number of rotatable bonds is 5. The zero-order valence-electron chi connectivity index (χ0n) is 14.2. The predicted molar refractivity (Wildman–Crippen MR) is 93.9 cm³/mol. The molecule has 1 atom stereocenters. The summed E-state index contributed by atoms with van der Waals surface area (Å²) in [5, 5.41) is 4.28. The van der Waals surface area contributed by atoms with E-state index < -0.39 is 0 Å². The van der Waals surface area contributed by atoms with Gasteiger partial charge in [0.1, 0.15) is 0 Å². The third-order valence-corrected chi connectivity index (χ3v) is 5.21. The number of anilines is 1. The van der Waals surface area contributed by atoms with Crippen molar-refractivity contribution in [1.29, 1.82) is 0 Å². The molecule has 126 valence electrons. The van der Waals surface area contributed by atoms with Gasteiger partial charge in [-0.2, -0.15) is 5.10 Å². The molecular formula is C19H24N4O. The van der Waals surface area contributed by atoms with Crippen LogP contribution in [0.5, 0.6) is 0 Å². The summed E-state index contributed by atoms with van der Waals surface area (Å²) < 4.78 is 1.85. The van der Waals surface area contributed by atoms with Gasteiger partial charge in [0.05, 0.1) is 6.20 Å². The van der Waals surface area contributed by atoms with E-state index in [0.29, 0.717) is 11.8 Å². The number of benzene rings is 1. The second kappa shape index (κ2) is 6.30. The van der Waals surface area contributed by atoms with E-state index in [9.17, 15) is 4.79 Å². The Bertz CT molecular complexity index is 738. The van der Waals surface area contributed by atoms with Crippen LogP contribution in [0.25, 0.3) is 0 Å². The number of hydrogen-bond donors (Lipinski definition) is 0. The summed E-state index contributed by atoms with van der Waals surface area (Å²) in [5.74, 6) is 0.833. The standard InChI is InChI=1S/C19H24N4O/c1-21-12-15(11-20-21)13-23-14-16(17-5-2-3-6-18(17)23)8-10-22-9-4-7-19(22)24/h2-3,5-6,11-12,16H,4,7-10,13-14H2,1H3. The Morgan fingerprint density at radius 3 is 2.88 bits per heavy atom. The van der Waals surface area contributed by atoms with Crippen molar-refractivity contribution in [2.24, 2.45) is 7.05 Å². The number of para-hydroxylation sites is 1. The molecule has 1 aromatic heterocycles. The summed E-state index contributed by atoms with van der Waals surface area (Å²) in [6, 6.07) is 8.70. The Morgan fingerprint density at radius 2 is 2.12 bits per heavy atom. The Morgan fingerprint density at radius 1 is 1.25 bits per heavy atom. The van der Waals surface area contributed by atoms with Crippen LogP contribution in [0.2, 0.25) is 0 Å². The fourth-order valence-corrected chi connectivity index (χ4v) is 4.01. The zero-order valence-corrected chi connectivity index (χ0v) is 14.2. The first-order valence-corrected chi connectivity index (χ1v) is 8.80. The molecule has 4 rings (SSSR count). The van der Waals surface area contributed by atoms with E-state index in [2.05, 4.69) is 40.5 Å². The van der Waals surface area contributed by atoms with Gasteiger partial charge in [0.15, 0.2) is 0 Å². The van der Waals surface area contributed by atoms with Crippen LogP contribution in [0.1, 0.15) is 36.3 Å². The van der Waals surface area contributed by atoms with Crippen molar-refractivity contribution in [3.8, 4) is 0 Å². The highest BCUT2D eigenvalue weighted by atomic mass is 16.2. The lowest BCUT2D eigenvalue weighted by Crippen LogP contribution is -2.28. The quantitative estimate of drug-likeness (QED) is 0.849. The van der Waals surface area contributed by atoms with Gasteiger partial charge in [-0.05, 0) is 24.5 Å². The molecule has 24 heavy (non-hydrogen) atoms. The molecule has 1 amide bonds. The van der Waals surface area contributed by atoms with E-state index in [1.54, 1.807) is 0 Å². The first-order valence-electron chi connectivity index (χ1n) is 8.80. The summed E-state index contributed by atoms with van der Waals surface area (Å²) in [4.78, 5) is 16.3. The number of nitrogens with zero attached hydrogens (tertiary/aromatic N) is 4. The molecule has 2 aliphatic rings. The van der Waals surface area contributed by atoms with Gasteiger partial charge >= 0.3 is 0 Å². The molecule has 0 N–H and O–H groups in total. The maximum atomic E-state index is 11.8. The number of carbonyl (C=O) groups excluding carboxylic acids is 1. The molecule has 0 radical (unpaired) electrons. The van der Waals surface area contributed by atoms with Gasteiger partial charge in [-0.3, -0.25) is 9.48 Å². The average Bonchev–Trinajstić information content (AvgIpc) is 3.27. The maximum Gasteiger partial charge on any atom is 0.222 e. The molecule has 1 saturated heterocycles. The second-order valence-electron chi connectivity index (χ2n) is 6.93. The fraction of sp³-hybridized carbons (Fsp3) is 0.474. The smallest absolute Gasteiger partial charge is 0.222 e. The number of amides is 1. The Balaban J connectivity index is 1.47. The summed E-state index contributed by atoms with van der Waals surface area (Å²) in [6.07, 6.45) is 6.82. The molecule has 1 unspecified atom stereocenters. The van der Waals surface area contributed by atoms with Crippen LogP contribution >= 0.6 is 0 Å². The number of likely N-dealkylation sites (tertiary alicyclic amines) is 1. The second-order valence-corrected chi connectivity index (χ2v) is 6.93. The first kappa shape index (κ1) is 15.2. The minimum absolute atomic E-state index is 0.327. The average molecular weight is 324 g/mol. The molecule has 5 heteroatoms. The summed E-state index contributed by atoms with van der Waals surface area (Å²) in [5.41, 5.74) is 4.00. The fourth-order valence-electron chi connectivity index (χ4n) is 4.01. The molecular weight excluding hydrogens is 300 g/mol. The van der Waals surface area contributed by atoms with Crippen molar-refractivity contribution in [3.05, 3.63) is 47.8 Å². The summed E-state index contributed by atoms with van der Waals surface area (Å²) in [6.45, 7) is 3.74. The van der Waals surface area contributed by atoms with Crippen LogP contribution in [0.15, 0.2) is 36.7 Å². The van der Waals surface area contributed by atoms with Crippen LogP contribution in [-0.4, -0.2) is 40.2 Å². The molecule has 0 bridgehead atoms. The number of aromatic nitrogens is 2. The van der Waals surface area contributed by atoms with E-state index >= 15 is 0 Å². The van der Waals surface area contributed by atoms with Gasteiger partial charge in [0.2, 0.25) is 5.91 Å². The predicted octanol–water partition coefficient (Wildman–Crippen LogP) is 2.54. The van der Waals surface area contributed by atoms with Crippen LogP contribution in [0.3, 0.4) is 0 Å². The van der Waals surface area contributed by atoms with Crippen molar-refractivity contribution >= 4 is 11.6 Å². The van der Waals surface area contributed by atoms with Crippen LogP contribution in [-0.2, 0) is 18.4 Å². The number of carbonyl (C=O) groups is 1. The van der Waals surface area contributed by atoms with Gasteiger partial charge in [-0.25, -0.2) is 0 Å². The van der Waals surface area contributed by atoms with Gasteiger partial charge < -0.3 is 9.80 Å². The third kappa shape index (κ3) is 2.90. The third-order valence-electron chi connectivity index (χ3n) is 5.21. The van der Waals surface area contributed by atoms with E-state index in [0.717, 1.165) is 45.4 Å². The van der Waals surface area contributed by atoms with E-state index in [1.165, 1.54) is 16.8 Å². The molecule has 0 aliphatic carbocycles. The normalized spacial score (nSPS) is 20.0. The number of hydrogen-bond acceptors (Lipinski definition) is 3. The molecule has 3 heterocycles. The van der Waals surface area contributed by atoms with Gasteiger partial charge in [0, 0.05) is 63.0 Å². The molecule has 0 saturated carbocycles. The van der Waals surface area contributed by atoms with Crippen LogP contribution < -0.4 is 4.90 Å². The highest BCUT2D eigenvalue weighted by Gasteiger charge is 2.29. The van der Waals surface area contributed by atoms with E-state index in [-0.39, 0.29) is 0 Å². The van der Waals surface area contributed by atoms with E-state index in [4.69, 9.17) is 0 Å². The minimum Gasteiger partial charge on any atom is -0.366 e. The van der Waals surface area contributed by atoms with Gasteiger partial charge in [-0.15, -0.1) is 0 Å². The lowest BCUT2D eigenvalue weighted by atomic mass is 9.98. The summed E-state index contributed by atoms with van der Waals surface area (Å²) >= 11 is 0. The zero-order chi connectivity index (χ0) is 16.5.